The van der Waals surface area contributed by atoms with Crippen molar-refractivity contribution in [2.75, 3.05) is 6.61 Å². The van der Waals surface area contributed by atoms with Gasteiger partial charge < -0.3 is 4.74 Å². The minimum atomic E-state index is 0.476. The van der Waals surface area contributed by atoms with Crippen LogP contribution in [0.2, 0.25) is 5.15 Å². The number of hydrogen-bond acceptors (Lipinski definition) is 3. The molecule has 0 spiro atoms. The average molecular weight is 176 g/mol. The van der Waals surface area contributed by atoms with Crippen LogP contribution in [0.15, 0.2) is 18.0 Å². The molecule has 0 bridgehead atoms. The third kappa shape index (κ3) is 2.01. The van der Waals surface area contributed by atoms with E-state index in [2.05, 4.69) is 11.6 Å². The van der Waals surface area contributed by atoms with Gasteiger partial charge in [0.1, 0.15) is 11.8 Å². The van der Waals surface area contributed by atoms with Crippen molar-refractivity contribution in [2.24, 2.45) is 0 Å². The van der Waals surface area contributed by atoms with Gasteiger partial charge in [0.05, 0.1) is 0 Å². The summed E-state index contributed by atoms with van der Waals surface area (Å²) in [6.07, 6.45) is 1.66. The Hall–Kier alpha value is -0.540. The lowest BCUT2D eigenvalue weighted by Crippen LogP contribution is -1.90. The lowest BCUT2D eigenvalue weighted by atomic mass is 10.7. The first-order valence-electron chi connectivity index (χ1n) is 2.67. The molecule has 54 valence electrons. The fourth-order valence-corrected chi connectivity index (χ4v) is 1.23. The van der Waals surface area contributed by atoms with Gasteiger partial charge in [0.15, 0.2) is 0 Å². The van der Waals surface area contributed by atoms with E-state index in [4.69, 9.17) is 16.3 Å². The van der Waals surface area contributed by atoms with Gasteiger partial charge in [0, 0.05) is 5.38 Å². The smallest absolute Gasteiger partial charge is 0.274 e. The molecule has 0 radical (unpaired) electrons. The Kier molecular flexibility index (Phi) is 2.71. The maximum atomic E-state index is 5.53. The third-order valence-electron chi connectivity index (χ3n) is 0.780. The summed E-state index contributed by atoms with van der Waals surface area (Å²) in [5.74, 6) is 0. The van der Waals surface area contributed by atoms with Crippen LogP contribution in [-0.2, 0) is 0 Å². The van der Waals surface area contributed by atoms with Crippen molar-refractivity contribution >= 4 is 22.9 Å². The third-order valence-corrected chi connectivity index (χ3v) is 1.85. The Balaban J connectivity index is 2.49. The van der Waals surface area contributed by atoms with Gasteiger partial charge >= 0.3 is 0 Å². The Labute approximate surface area is 68.1 Å². The Morgan fingerprint density at radius 2 is 2.70 bits per heavy atom. The molecule has 0 aliphatic rings. The first-order valence-corrected chi connectivity index (χ1v) is 3.93. The molecule has 0 unspecified atom stereocenters. The van der Waals surface area contributed by atoms with Crippen LogP contribution in [0.3, 0.4) is 0 Å². The van der Waals surface area contributed by atoms with Gasteiger partial charge in [-0.15, -0.1) is 0 Å². The zero-order chi connectivity index (χ0) is 7.40. The summed E-state index contributed by atoms with van der Waals surface area (Å²) in [7, 11) is 0. The average Bonchev–Trinajstić information content (AvgIpc) is 2.31. The zero-order valence-electron chi connectivity index (χ0n) is 5.21. The maximum Gasteiger partial charge on any atom is 0.274 e. The predicted octanol–water partition coefficient (Wildman–Crippen LogP) is 2.36. The SMILES string of the molecule is C=CCOc1nc(Cl)cs1. The van der Waals surface area contributed by atoms with Crippen LogP contribution >= 0.6 is 22.9 Å². The predicted molar refractivity (Wildman–Crippen MR) is 42.8 cm³/mol. The second kappa shape index (κ2) is 3.58. The van der Waals surface area contributed by atoms with Crippen molar-refractivity contribution < 1.29 is 4.74 Å². The molecule has 1 heterocycles. The van der Waals surface area contributed by atoms with Crippen LogP contribution in [0.4, 0.5) is 0 Å². The van der Waals surface area contributed by atoms with Crippen molar-refractivity contribution in [1.29, 1.82) is 0 Å². The molecule has 1 aromatic heterocycles. The molecule has 0 fully saturated rings. The van der Waals surface area contributed by atoms with Gasteiger partial charge in [-0.2, -0.15) is 4.98 Å². The van der Waals surface area contributed by atoms with Crippen LogP contribution in [0.1, 0.15) is 0 Å². The summed E-state index contributed by atoms with van der Waals surface area (Å²) in [5.41, 5.74) is 0. The first-order chi connectivity index (χ1) is 4.83. The molecule has 0 atom stereocenters. The fourth-order valence-electron chi connectivity index (χ4n) is 0.435. The van der Waals surface area contributed by atoms with Crippen LogP contribution < -0.4 is 4.74 Å². The van der Waals surface area contributed by atoms with E-state index >= 15 is 0 Å². The highest BCUT2D eigenvalue weighted by atomic mass is 35.5. The monoisotopic (exact) mass is 175 g/mol. The molecular formula is C6H6ClNOS. The van der Waals surface area contributed by atoms with Crippen LogP contribution in [-0.4, -0.2) is 11.6 Å². The first kappa shape index (κ1) is 7.57. The normalized spacial score (nSPS) is 9.30. The molecule has 0 aromatic carbocycles. The largest absolute Gasteiger partial charge is 0.466 e. The van der Waals surface area contributed by atoms with E-state index in [1.165, 1.54) is 11.3 Å². The summed E-state index contributed by atoms with van der Waals surface area (Å²) < 4.78 is 5.08. The van der Waals surface area contributed by atoms with E-state index in [1.807, 2.05) is 0 Å². The minimum absolute atomic E-state index is 0.476. The van der Waals surface area contributed by atoms with Crippen molar-refractivity contribution in [2.45, 2.75) is 0 Å². The number of ether oxygens (including phenoxy) is 1. The Bertz CT molecular complexity index is 223. The minimum Gasteiger partial charge on any atom is -0.466 e. The molecule has 0 amide bonds. The van der Waals surface area contributed by atoms with Gasteiger partial charge in [-0.25, -0.2) is 0 Å². The van der Waals surface area contributed by atoms with E-state index in [1.54, 1.807) is 11.5 Å². The van der Waals surface area contributed by atoms with Crippen LogP contribution in [0.5, 0.6) is 5.19 Å². The standard InChI is InChI=1S/C6H6ClNOS/c1-2-3-9-6-8-5(7)4-10-6/h2,4H,1,3H2. The summed E-state index contributed by atoms with van der Waals surface area (Å²) >= 11 is 6.91. The quantitative estimate of drug-likeness (QED) is 0.658. The molecule has 1 rings (SSSR count). The molecule has 0 aliphatic heterocycles. The number of hydrogen-bond donors (Lipinski definition) is 0. The lowest BCUT2D eigenvalue weighted by molar-refractivity contribution is 0.361. The number of nitrogens with zero attached hydrogens (tertiary/aromatic N) is 1. The number of aromatic nitrogens is 1. The van der Waals surface area contributed by atoms with E-state index < -0.39 is 0 Å². The van der Waals surface area contributed by atoms with Gasteiger partial charge in [-0.05, 0) is 0 Å². The molecule has 0 saturated heterocycles. The highest BCUT2D eigenvalue weighted by Gasteiger charge is 1.97. The molecule has 1 aromatic rings. The van der Waals surface area contributed by atoms with Gasteiger partial charge in [-0.3, -0.25) is 0 Å². The van der Waals surface area contributed by atoms with Gasteiger partial charge in [-0.1, -0.05) is 35.6 Å². The molecular weight excluding hydrogens is 170 g/mol. The number of rotatable bonds is 3. The molecule has 0 aliphatic carbocycles. The number of thiazole rings is 1. The lowest BCUT2D eigenvalue weighted by Gasteiger charge is -1.93. The summed E-state index contributed by atoms with van der Waals surface area (Å²) in [6, 6.07) is 0. The van der Waals surface area contributed by atoms with Crippen molar-refractivity contribution in [3.05, 3.63) is 23.2 Å². The number of halogens is 1. The molecule has 0 N–H and O–H groups in total. The van der Waals surface area contributed by atoms with Crippen molar-refractivity contribution in [1.82, 2.24) is 4.98 Å². The Morgan fingerprint density at radius 3 is 3.20 bits per heavy atom. The molecule has 0 saturated carbocycles. The van der Waals surface area contributed by atoms with Crippen molar-refractivity contribution in [3.8, 4) is 5.19 Å². The molecule has 4 heteroatoms. The van der Waals surface area contributed by atoms with E-state index in [0.717, 1.165) is 0 Å². The zero-order valence-corrected chi connectivity index (χ0v) is 6.78. The van der Waals surface area contributed by atoms with Crippen LogP contribution in [0, 0.1) is 0 Å². The van der Waals surface area contributed by atoms with Crippen LogP contribution in [0.25, 0.3) is 0 Å². The second-order valence-electron chi connectivity index (χ2n) is 1.54. The molecule has 2 nitrogen and oxygen atoms in total. The van der Waals surface area contributed by atoms with E-state index in [-0.39, 0.29) is 0 Å². The second-order valence-corrected chi connectivity index (χ2v) is 2.74. The highest BCUT2D eigenvalue weighted by molar-refractivity contribution is 7.11. The van der Waals surface area contributed by atoms with Crippen molar-refractivity contribution in [3.63, 3.8) is 0 Å². The van der Waals surface area contributed by atoms with E-state index in [9.17, 15) is 0 Å². The summed E-state index contributed by atoms with van der Waals surface area (Å²) in [5, 5.41) is 2.79. The van der Waals surface area contributed by atoms with Gasteiger partial charge in [0.25, 0.3) is 5.19 Å². The highest BCUT2D eigenvalue weighted by Crippen LogP contribution is 2.20. The fraction of sp³-hybridized carbons (Fsp3) is 0.167. The molecule has 10 heavy (non-hydrogen) atoms. The topological polar surface area (TPSA) is 22.1 Å². The maximum absolute atomic E-state index is 5.53. The Morgan fingerprint density at radius 1 is 1.90 bits per heavy atom. The summed E-state index contributed by atoms with van der Waals surface area (Å²) in [4.78, 5) is 3.86. The van der Waals surface area contributed by atoms with Gasteiger partial charge in [0.2, 0.25) is 0 Å². The van der Waals surface area contributed by atoms with E-state index in [0.29, 0.717) is 17.0 Å². The summed E-state index contributed by atoms with van der Waals surface area (Å²) in [6.45, 7) is 3.98.